The summed E-state index contributed by atoms with van der Waals surface area (Å²) in [5.41, 5.74) is 1.75. The summed E-state index contributed by atoms with van der Waals surface area (Å²) >= 11 is 4.97. The highest BCUT2D eigenvalue weighted by molar-refractivity contribution is 9.11. The van der Waals surface area contributed by atoms with Crippen molar-refractivity contribution in [1.29, 1.82) is 0 Å². The Kier molecular flexibility index (Phi) is 4.11. The topological polar surface area (TPSA) is 54.0 Å². The summed E-state index contributed by atoms with van der Waals surface area (Å²) in [6, 6.07) is 5.30. The van der Waals surface area contributed by atoms with Crippen LogP contribution in [-0.4, -0.2) is 11.0 Å². The van der Waals surface area contributed by atoms with Gasteiger partial charge in [-0.2, -0.15) is 0 Å². The molecule has 0 radical (unpaired) electrons. The standard InChI is InChI=1S/C11H10BrN3OS/c12-10-4-8(7-17-10)5-14-11(16)15-9-2-1-3-13-6-9/h1-4,6-7H,5H2,(H2,14,15,16). The first-order valence-corrected chi connectivity index (χ1v) is 6.59. The lowest BCUT2D eigenvalue weighted by Crippen LogP contribution is -2.27. The highest BCUT2D eigenvalue weighted by Crippen LogP contribution is 2.20. The van der Waals surface area contributed by atoms with Gasteiger partial charge < -0.3 is 10.6 Å². The molecule has 17 heavy (non-hydrogen) atoms. The molecule has 0 saturated heterocycles. The zero-order valence-corrected chi connectivity index (χ0v) is 11.2. The number of rotatable bonds is 3. The summed E-state index contributed by atoms with van der Waals surface area (Å²) in [7, 11) is 0. The van der Waals surface area contributed by atoms with Crippen molar-refractivity contribution in [2.75, 3.05) is 5.32 Å². The van der Waals surface area contributed by atoms with Gasteiger partial charge in [0.2, 0.25) is 0 Å². The van der Waals surface area contributed by atoms with Crippen LogP contribution in [0.2, 0.25) is 0 Å². The van der Waals surface area contributed by atoms with Gasteiger partial charge in [0.1, 0.15) is 0 Å². The fourth-order valence-electron chi connectivity index (χ4n) is 1.23. The molecule has 0 aliphatic heterocycles. The summed E-state index contributed by atoms with van der Waals surface area (Å²) < 4.78 is 1.06. The van der Waals surface area contributed by atoms with E-state index in [1.165, 1.54) is 0 Å². The fraction of sp³-hybridized carbons (Fsp3) is 0.0909. The Hall–Kier alpha value is -1.40. The van der Waals surface area contributed by atoms with Crippen LogP contribution in [0.3, 0.4) is 0 Å². The van der Waals surface area contributed by atoms with Crippen LogP contribution >= 0.6 is 27.3 Å². The number of pyridine rings is 1. The van der Waals surface area contributed by atoms with Crippen molar-refractivity contribution in [3.63, 3.8) is 0 Å². The average molecular weight is 312 g/mol. The van der Waals surface area contributed by atoms with E-state index in [0.29, 0.717) is 12.2 Å². The van der Waals surface area contributed by atoms with Crippen molar-refractivity contribution in [3.05, 3.63) is 45.3 Å². The number of aromatic nitrogens is 1. The van der Waals surface area contributed by atoms with E-state index < -0.39 is 0 Å². The maximum Gasteiger partial charge on any atom is 0.319 e. The minimum atomic E-state index is -0.236. The lowest BCUT2D eigenvalue weighted by Gasteiger charge is -2.05. The Bertz CT molecular complexity index is 500. The number of amides is 2. The van der Waals surface area contributed by atoms with Crippen LogP contribution in [0, 0.1) is 0 Å². The molecule has 88 valence electrons. The molecule has 0 unspecified atom stereocenters. The second kappa shape index (κ2) is 5.79. The van der Waals surface area contributed by atoms with E-state index >= 15 is 0 Å². The quantitative estimate of drug-likeness (QED) is 0.914. The second-order valence-corrected chi connectivity index (χ2v) is 5.60. The number of nitrogens with one attached hydrogen (secondary N) is 2. The van der Waals surface area contributed by atoms with Crippen LogP contribution < -0.4 is 10.6 Å². The zero-order chi connectivity index (χ0) is 12.1. The minimum absolute atomic E-state index is 0.236. The number of halogens is 1. The van der Waals surface area contributed by atoms with Crippen molar-refractivity contribution in [2.24, 2.45) is 0 Å². The van der Waals surface area contributed by atoms with Crippen molar-refractivity contribution >= 4 is 39.0 Å². The molecule has 0 aliphatic carbocycles. The van der Waals surface area contributed by atoms with Crippen molar-refractivity contribution in [3.8, 4) is 0 Å². The van der Waals surface area contributed by atoms with Crippen molar-refractivity contribution in [1.82, 2.24) is 10.3 Å². The molecule has 0 saturated carbocycles. The summed E-state index contributed by atoms with van der Waals surface area (Å²) in [6.45, 7) is 0.508. The number of carbonyl (C=O) groups excluding carboxylic acids is 1. The first-order valence-electron chi connectivity index (χ1n) is 4.92. The Morgan fingerprint density at radius 3 is 3.06 bits per heavy atom. The Balaban J connectivity index is 1.82. The zero-order valence-electron chi connectivity index (χ0n) is 8.81. The fourth-order valence-corrected chi connectivity index (χ4v) is 2.44. The van der Waals surface area contributed by atoms with Gasteiger partial charge >= 0.3 is 6.03 Å². The number of urea groups is 1. The molecule has 4 nitrogen and oxygen atoms in total. The van der Waals surface area contributed by atoms with Gasteiger partial charge in [0.05, 0.1) is 15.7 Å². The van der Waals surface area contributed by atoms with Crippen molar-refractivity contribution < 1.29 is 4.79 Å². The van der Waals surface area contributed by atoms with Gasteiger partial charge in [-0.3, -0.25) is 4.98 Å². The van der Waals surface area contributed by atoms with Crippen LogP contribution in [-0.2, 0) is 6.54 Å². The highest BCUT2D eigenvalue weighted by Gasteiger charge is 2.02. The van der Waals surface area contributed by atoms with Gasteiger partial charge in [0.25, 0.3) is 0 Å². The van der Waals surface area contributed by atoms with Gasteiger partial charge in [0, 0.05) is 12.7 Å². The maximum atomic E-state index is 11.5. The van der Waals surface area contributed by atoms with E-state index in [1.807, 2.05) is 11.4 Å². The largest absolute Gasteiger partial charge is 0.334 e. The summed E-state index contributed by atoms with van der Waals surface area (Å²) in [5, 5.41) is 7.46. The molecule has 0 spiro atoms. The number of anilines is 1. The number of nitrogens with zero attached hydrogens (tertiary/aromatic N) is 1. The summed E-state index contributed by atoms with van der Waals surface area (Å²) in [4.78, 5) is 15.4. The average Bonchev–Trinajstić information content (AvgIpc) is 2.74. The number of carbonyl (C=O) groups is 1. The highest BCUT2D eigenvalue weighted by atomic mass is 79.9. The van der Waals surface area contributed by atoms with E-state index in [0.717, 1.165) is 9.35 Å². The minimum Gasteiger partial charge on any atom is -0.334 e. The van der Waals surface area contributed by atoms with Gasteiger partial charge in [-0.25, -0.2) is 4.79 Å². The molecule has 2 heterocycles. The molecule has 0 bridgehead atoms. The van der Waals surface area contributed by atoms with Gasteiger partial charge in [-0.05, 0) is 45.1 Å². The van der Waals surface area contributed by atoms with Crippen LogP contribution in [0.4, 0.5) is 10.5 Å². The van der Waals surface area contributed by atoms with E-state index in [9.17, 15) is 4.79 Å². The Labute approximate surface area is 111 Å². The predicted molar refractivity (Wildman–Crippen MR) is 72.1 cm³/mol. The Morgan fingerprint density at radius 2 is 2.41 bits per heavy atom. The van der Waals surface area contributed by atoms with E-state index in [2.05, 4.69) is 31.5 Å². The first-order chi connectivity index (χ1) is 8.24. The SMILES string of the molecule is O=C(NCc1csc(Br)c1)Nc1cccnc1. The molecule has 2 N–H and O–H groups in total. The summed E-state index contributed by atoms with van der Waals surface area (Å²) in [5.74, 6) is 0. The van der Waals surface area contributed by atoms with E-state index in [4.69, 9.17) is 0 Å². The monoisotopic (exact) mass is 311 g/mol. The molecule has 2 aromatic heterocycles. The molecule has 6 heteroatoms. The molecule has 0 fully saturated rings. The Morgan fingerprint density at radius 1 is 1.53 bits per heavy atom. The third kappa shape index (κ3) is 3.83. The summed E-state index contributed by atoms with van der Waals surface area (Å²) in [6.07, 6.45) is 3.26. The molecule has 2 amide bonds. The number of hydrogen-bond acceptors (Lipinski definition) is 3. The van der Waals surface area contributed by atoms with Crippen LogP contribution in [0.15, 0.2) is 39.8 Å². The van der Waals surface area contributed by atoms with E-state index in [-0.39, 0.29) is 6.03 Å². The van der Waals surface area contributed by atoms with Gasteiger partial charge in [-0.1, -0.05) is 0 Å². The first kappa shape index (κ1) is 12.1. The molecular formula is C11H10BrN3OS. The lowest BCUT2D eigenvalue weighted by molar-refractivity contribution is 0.251. The molecule has 0 aliphatic rings. The van der Waals surface area contributed by atoms with E-state index in [1.54, 1.807) is 35.9 Å². The molecule has 2 rings (SSSR count). The van der Waals surface area contributed by atoms with Crippen molar-refractivity contribution in [2.45, 2.75) is 6.54 Å². The number of thiophene rings is 1. The smallest absolute Gasteiger partial charge is 0.319 e. The third-order valence-electron chi connectivity index (χ3n) is 1.99. The van der Waals surface area contributed by atoms with Crippen LogP contribution in [0.1, 0.15) is 5.56 Å². The normalized spacial score (nSPS) is 9.94. The predicted octanol–water partition coefficient (Wildman–Crippen LogP) is 3.23. The molecule has 0 atom stereocenters. The molecule has 2 aromatic rings. The lowest BCUT2D eigenvalue weighted by atomic mass is 10.3. The van der Waals surface area contributed by atoms with Crippen LogP contribution in [0.25, 0.3) is 0 Å². The maximum absolute atomic E-state index is 11.5. The molecular weight excluding hydrogens is 302 g/mol. The van der Waals surface area contributed by atoms with Crippen LogP contribution in [0.5, 0.6) is 0 Å². The van der Waals surface area contributed by atoms with Gasteiger partial charge in [-0.15, -0.1) is 11.3 Å². The van der Waals surface area contributed by atoms with Gasteiger partial charge in [0.15, 0.2) is 0 Å². The number of hydrogen-bond donors (Lipinski definition) is 2. The molecule has 0 aromatic carbocycles. The third-order valence-corrected chi connectivity index (χ3v) is 3.55. The second-order valence-electron chi connectivity index (χ2n) is 3.31.